The number of piperidine rings is 1. The Hall–Kier alpha value is -5.00. The number of rotatable bonds is 20. The van der Waals surface area contributed by atoms with Crippen LogP contribution in [0.4, 0.5) is 13.2 Å². The number of alkyl halides is 3. The van der Waals surface area contributed by atoms with E-state index < -0.39 is 6.36 Å². The molecule has 0 radical (unpaired) electrons. The molecule has 324 valence electrons. The molecular formula is C49H63F3N4O4. The van der Waals surface area contributed by atoms with Crippen LogP contribution >= 0.6 is 0 Å². The SMILES string of the molecule is C=Cc1c(CCC)cc(-c2cncc(CN3CCC(N(CC(/C=C(\NC)c4cc(OC)c(OC)c(C5CC5)c4)=C/C)C(C)/C=C\C(=C/C)OC(F)(F)F)CC3)c2)cc1OC. The van der Waals surface area contributed by atoms with Gasteiger partial charge in [-0.2, -0.15) is 0 Å². The van der Waals surface area contributed by atoms with Crippen LogP contribution in [0.2, 0.25) is 0 Å². The number of nitrogens with zero attached hydrogens (tertiary/aromatic N) is 3. The van der Waals surface area contributed by atoms with E-state index in [4.69, 9.17) is 14.2 Å². The van der Waals surface area contributed by atoms with Crippen molar-refractivity contribution in [3.8, 4) is 28.4 Å². The molecule has 1 atom stereocenters. The van der Waals surface area contributed by atoms with Crippen LogP contribution < -0.4 is 19.5 Å². The molecule has 1 saturated heterocycles. The van der Waals surface area contributed by atoms with Crippen molar-refractivity contribution >= 4 is 11.8 Å². The van der Waals surface area contributed by atoms with Crippen LogP contribution in [-0.4, -0.2) is 81.2 Å². The third-order valence-electron chi connectivity index (χ3n) is 11.5. The number of hydrogen-bond donors (Lipinski definition) is 1. The van der Waals surface area contributed by atoms with E-state index in [1.807, 2.05) is 45.4 Å². The fourth-order valence-corrected chi connectivity index (χ4v) is 8.16. The van der Waals surface area contributed by atoms with E-state index >= 15 is 0 Å². The van der Waals surface area contributed by atoms with Crippen LogP contribution in [0.15, 0.2) is 91.0 Å². The second kappa shape index (κ2) is 21.5. The lowest BCUT2D eigenvalue weighted by molar-refractivity contribution is -0.303. The van der Waals surface area contributed by atoms with Crippen molar-refractivity contribution in [2.24, 2.45) is 0 Å². The zero-order valence-electron chi connectivity index (χ0n) is 36.6. The Morgan fingerprint density at radius 3 is 2.28 bits per heavy atom. The molecule has 0 amide bonds. The lowest BCUT2D eigenvalue weighted by atomic mass is 9.95. The number of halogens is 3. The summed E-state index contributed by atoms with van der Waals surface area (Å²) in [6.07, 6.45) is 15.7. The van der Waals surface area contributed by atoms with Crippen molar-refractivity contribution in [2.75, 3.05) is 48.0 Å². The third kappa shape index (κ3) is 12.1. The van der Waals surface area contributed by atoms with Crippen LogP contribution in [-0.2, 0) is 17.7 Å². The van der Waals surface area contributed by atoms with Gasteiger partial charge < -0.3 is 24.3 Å². The van der Waals surface area contributed by atoms with E-state index in [0.29, 0.717) is 18.2 Å². The maximum Gasteiger partial charge on any atom is 0.573 e. The Morgan fingerprint density at radius 2 is 1.70 bits per heavy atom. The van der Waals surface area contributed by atoms with Gasteiger partial charge in [-0.15, -0.1) is 13.2 Å². The highest BCUT2D eigenvalue weighted by Gasteiger charge is 2.32. The van der Waals surface area contributed by atoms with E-state index in [2.05, 4.69) is 74.8 Å². The quantitative estimate of drug-likeness (QED) is 0.0892. The lowest BCUT2D eigenvalue weighted by Crippen LogP contribution is -2.48. The predicted molar refractivity (Wildman–Crippen MR) is 237 cm³/mol. The molecule has 5 rings (SSSR count). The van der Waals surface area contributed by atoms with Crippen LogP contribution in [0.25, 0.3) is 22.9 Å². The molecule has 1 unspecified atom stereocenters. The van der Waals surface area contributed by atoms with Crippen molar-refractivity contribution in [3.05, 3.63) is 119 Å². The lowest BCUT2D eigenvalue weighted by Gasteiger charge is -2.41. The Labute approximate surface area is 355 Å². The summed E-state index contributed by atoms with van der Waals surface area (Å²) in [5.41, 5.74) is 9.64. The molecule has 1 aliphatic carbocycles. The maximum atomic E-state index is 13.2. The molecule has 2 fully saturated rings. The summed E-state index contributed by atoms with van der Waals surface area (Å²) in [7, 11) is 6.95. The van der Waals surface area contributed by atoms with Crippen molar-refractivity contribution < 1.29 is 32.1 Å². The van der Waals surface area contributed by atoms with Gasteiger partial charge in [0.05, 0.1) is 21.3 Å². The second-order valence-corrected chi connectivity index (χ2v) is 15.6. The zero-order chi connectivity index (χ0) is 43.4. The smallest absolute Gasteiger partial charge is 0.496 e. The van der Waals surface area contributed by atoms with Gasteiger partial charge in [0.2, 0.25) is 0 Å². The molecule has 1 aromatic heterocycles. The number of likely N-dealkylation sites (tertiary alicyclic amines) is 1. The van der Waals surface area contributed by atoms with E-state index in [0.717, 1.165) is 114 Å². The first-order chi connectivity index (χ1) is 28.9. The van der Waals surface area contributed by atoms with Gasteiger partial charge in [0.25, 0.3) is 0 Å². The minimum absolute atomic E-state index is 0.180. The first kappa shape index (κ1) is 46.1. The summed E-state index contributed by atoms with van der Waals surface area (Å²) in [6, 6.07) is 10.7. The summed E-state index contributed by atoms with van der Waals surface area (Å²) in [6.45, 7) is 14.9. The standard InChI is InChI=1S/C49H63F3N4O4/c1-10-14-37-25-38(27-46(57-7)43(37)13-4)40-23-35(29-54-30-40)31-55-21-19-41(20-22-55)56(33(5)15-18-42(12-3)60-49(50,51)52)32-34(11-2)24-45(53-6)39-26-44(36-16-17-36)48(59-9)47(28-39)58-8/h11-13,15,18,23-30,33,36,41,53H,4,10,14,16-17,19-22,31-32H2,1-3,5-9H3/b18-15-,34-11+,42-12+,45-24-. The molecule has 60 heavy (non-hydrogen) atoms. The fraction of sp³-hybridized carbons (Fsp3) is 0.449. The predicted octanol–water partition coefficient (Wildman–Crippen LogP) is 11.1. The summed E-state index contributed by atoms with van der Waals surface area (Å²) in [5, 5.41) is 3.41. The monoisotopic (exact) mass is 828 g/mol. The normalized spacial score (nSPS) is 16.6. The number of aryl methyl sites for hydroxylation is 1. The topological polar surface area (TPSA) is 68.3 Å². The number of nitrogens with one attached hydrogen (secondary N) is 1. The first-order valence-electron chi connectivity index (χ1n) is 21.1. The summed E-state index contributed by atoms with van der Waals surface area (Å²) in [4.78, 5) is 9.50. The van der Waals surface area contributed by atoms with Gasteiger partial charge in [-0.05, 0) is 137 Å². The van der Waals surface area contributed by atoms with E-state index in [1.165, 1.54) is 17.7 Å². The Kier molecular flexibility index (Phi) is 16.5. The van der Waals surface area contributed by atoms with Gasteiger partial charge >= 0.3 is 6.36 Å². The average molecular weight is 829 g/mol. The molecule has 1 saturated carbocycles. The number of allylic oxidation sites excluding steroid dienone is 3. The average Bonchev–Trinajstić information content (AvgIpc) is 4.10. The Morgan fingerprint density at radius 1 is 0.967 bits per heavy atom. The molecule has 11 heteroatoms. The second-order valence-electron chi connectivity index (χ2n) is 15.6. The Balaban J connectivity index is 1.37. The molecule has 3 aromatic rings. The largest absolute Gasteiger partial charge is 0.573 e. The molecule has 2 aliphatic rings. The summed E-state index contributed by atoms with van der Waals surface area (Å²) in [5.74, 6) is 2.50. The molecule has 8 nitrogen and oxygen atoms in total. The highest BCUT2D eigenvalue weighted by molar-refractivity contribution is 5.73. The zero-order valence-corrected chi connectivity index (χ0v) is 36.6. The minimum atomic E-state index is -4.77. The number of pyridine rings is 1. The number of methoxy groups -OCH3 is 3. The highest BCUT2D eigenvalue weighted by Crippen LogP contribution is 2.48. The number of benzene rings is 2. The van der Waals surface area contributed by atoms with Gasteiger partial charge in [0.1, 0.15) is 11.5 Å². The van der Waals surface area contributed by atoms with Crippen LogP contribution in [0, 0.1) is 0 Å². The third-order valence-corrected chi connectivity index (χ3v) is 11.5. The molecular weight excluding hydrogens is 766 g/mol. The van der Waals surface area contributed by atoms with Crippen LogP contribution in [0.5, 0.6) is 17.2 Å². The molecule has 0 bridgehead atoms. The fourth-order valence-electron chi connectivity index (χ4n) is 8.16. The van der Waals surface area contributed by atoms with E-state index in [-0.39, 0.29) is 17.8 Å². The van der Waals surface area contributed by atoms with Crippen molar-refractivity contribution in [3.63, 3.8) is 0 Å². The van der Waals surface area contributed by atoms with Crippen molar-refractivity contribution in [1.29, 1.82) is 0 Å². The van der Waals surface area contributed by atoms with Crippen molar-refractivity contribution in [2.45, 2.75) is 97.1 Å². The van der Waals surface area contributed by atoms with Crippen LogP contribution in [0.1, 0.15) is 93.5 Å². The van der Waals surface area contributed by atoms with Gasteiger partial charge in [-0.1, -0.05) is 44.2 Å². The van der Waals surface area contributed by atoms with Crippen LogP contribution in [0.3, 0.4) is 0 Å². The summed E-state index contributed by atoms with van der Waals surface area (Å²) >= 11 is 0. The minimum Gasteiger partial charge on any atom is -0.496 e. The summed E-state index contributed by atoms with van der Waals surface area (Å²) < 4.78 is 61.1. The van der Waals surface area contributed by atoms with Gasteiger partial charge in [0, 0.05) is 72.6 Å². The van der Waals surface area contributed by atoms with Gasteiger partial charge in [-0.25, -0.2) is 0 Å². The molecule has 0 spiro atoms. The van der Waals surface area contributed by atoms with E-state index in [9.17, 15) is 13.2 Å². The van der Waals surface area contributed by atoms with Gasteiger partial charge in [-0.3, -0.25) is 14.8 Å². The highest BCUT2D eigenvalue weighted by atomic mass is 19.4. The van der Waals surface area contributed by atoms with E-state index in [1.54, 1.807) is 34.3 Å². The molecule has 2 heterocycles. The van der Waals surface area contributed by atoms with Crippen molar-refractivity contribution in [1.82, 2.24) is 20.1 Å². The maximum absolute atomic E-state index is 13.2. The Bertz CT molecular complexity index is 2040. The van der Waals surface area contributed by atoms with Gasteiger partial charge in [0.15, 0.2) is 11.5 Å². The molecule has 2 aromatic carbocycles. The number of ether oxygens (including phenoxy) is 4. The number of aromatic nitrogens is 1. The molecule has 1 N–H and O–H groups in total. The first-order valence-corrected chi connectivity index (χ1v) is 21.1. The number of hydrogen-bond acceptors (Lipinski definition) is 8. The molecule has 1 aliphatic heterocycles.